The van der Waals surface area contributed by atoms with Crippen molar-refractivity contribution < 1.29 is 4.79 Å². The number of rotatable bonds is 6. The molecule has 0 aromatic carbocycles. The highest BCUT2D eigenvalue weighted by Crippen LogP contribution is 2.21. The molecule has 1 aromatic heterocycles. The zero-order chi connectivity index (χ0) is 12.0. The van der Waals surface area contributed by atoms with Crippen molar-refractivity contribution in [2.45, 2.75) is 32.2 Å². The molecule has 1 aromatic rings. The summed E-state index contributed by atoms with van der Waals surface area (Å²) in [5.41, 5.74) is 5.69. The van der Waals surface area contributed by atoms with E-state index in [1.807, 2.05) is 13.0 Å². The molecule has 0 radical (unpaired) electrons. The molecule has 1 rings (SSSR count). The maximum atomic E-state index is 11.5. The number of hydrogen-bond donors (Lipinski definition) is 2. The molecule has 0 saturated heterocycles. The van der Waals surface area contributed by atoms with Gasteiger partial charge in [0.2, 0.25) is 5.91 Å². The van der Waals surface area contributed by atoms with Crippen LogP contribution < -0.4 is 11.1 Å². The number of carbonyl (C=O) groups excluding carboxylic acids is 1. The van der Waals surface area contributed by atoms with Crippen LogP contribution in [0.5, 0.6) is 0 Å². The normalized spacial score (nSPS) is 12.4. The first-order chi connectivity index (χ1) is 7.63. The summed E-state index contributed by atoms with van der Waals surface area (Å²) in [6.45, 7) is 2.68. The van der Waals surface area contributed by atoms with Gasteiger partial charge in [-0.3, -0.25) is 4.79 Å². The fourth-order valence-electron chi connectivity index (χ4n) is 1.37. The van der Waals surface area contributed by atoms with E-state index in [4.69, 9.17) is 5.73 Å². The Morgan fingerprint density at radius 1 is 1.62 bits per heavy atom. The summed E-state index contributed by atoms with van der Waals surface area (Å²) in [6, 6.07) is 3.72. The monoisotopic (exact) mass is 304 g/mol. The van der Waals surface area contributed by atoms with E-state index in [2.05, 4.69) is 27.3 Å². The summed E-state index contributed by atoms with van der Waals surface area (Å²) in [5, 5.41) is 2.85. The Bertz CT molecular complexity index is 340. The molecule has 0 bridgehead atoms. The maximum Gasteiger partial charge on any atom is 0.236 e. The second kappa shape index (κ2) is 7.04. The largest absolute Gasteiger partial charge is 0.354 e. The lowest BCUT2D eigenvalue weighted by molar-refractivity contribution is -0.122. The Labute approximate surface area is 109 Å². The molecular weight excluding hydrogens is 288 g/mol. The molecule has 16 heavy (non-hydrogen) atoms. The van der Waals surface area contributed by atoms with Gasteiger partial charge in [-0.25, -0.2) is 0 Å². The molecule has 5 heteroatoms. The van der Waals surface area contributed by atoms with Gasteiger partial charge in [0, 0.05) is 11.4 Å². The molecule has 0 saturated carbocycles. The molecule has 0 aliphatic heterocycles. The second-order valence-electron chi connectivity index (χ2n) is 3.64. The van der Waals surface area contributed by atoms with Gasteiger partial charge in [-0.1, -0.05) is 13.3 Å². The zero-order valence-electron chi connectivity index (χ0n) is 9.33. The van der Waals surface area contributed by atoms with Crippen LogP contribution in [-0.4, -0.2) is 18.5 Å². The van der Waals surface area contributed by atoms with Crippen LogP contribution in [0.25, 0.3) is 0 Å². The van der Waals surface area contributed by atoms with Gasteiger partial charge in [-0.15, -0.1) is 11.3 Å². The van der Waals surface area contributed by atoms with E-state index in [1.54, 1.807) is 11.3 Å². The summed E-state index contributed by atoms with van der Waals surface area (Å²) in [4.78, 5) is 12.7. The van der Waals surface area contributed by atoms with Gasteiger partial charge in [0.1, 0.15) is 0 Å². The second-order valence-corrected chi connectivity index (χ2v) is 6.19. The van der Waals surface area contributed by atoms with Crippen molar-refractivity contribution in [1.29, 1.82) is 0 Å². The van der Waals surface area contributed by atoms with E-state index in [1.165, 1.54) is 4.88 Å². The van der Waals surface area contributed by atoms with Crippen LogP contribution in [0.2, 0.25) is 0 Å². The van der Waals surface area contributed by atoms with E-state index in [9.17, 15) is 4.79 Å². The summed E-state index contributed by atoms with van der Waals surface area (Å²) >= 11 is 5.10. The number of nitrogens with two attached hydrogens (primary N) is 1. The van der Waals surface area contributed by atoms with Crippen LogP contribution in [0, 0.1) is 0 Å². The van der Waals surface area contributed by atoms with Gasteiger partial charge in [0.15, 0.2) is 0 Å². The highest BCUT2D eigenvalue weighted by Gasteiger charge is 2.11. The minimum absolute atomic E-state index is 0.0440. The van der Waals surface area contributed by atoms with E-state index >= 15 is 0 Å². The van der Waals surface area contributed by atoms with Gasteiger partial charge in [0.05, 0.1) is 9.83 Å². The van der Waals surface area contributed by atoms with Gasteiger partial charge in [0.25, 0.3) is 0 Å². The number of thiophene rings is 1. The smallest absolute Gasteiger partial charge is 0.236 e. The first-order valence-corrected chi connectivity index (χ1v) is 7.02. The SMILES string of the molecule is CCCC(N)C(=O)NCCc1ccc(Br)s1. The zero-order valence-corrected chi connectivity index (χ0v) is 11.7. The van der Waals surface area contributed by atoms with Crippen molar-refractivity contribution in [2.24, 2.45) is 5.73 Å². The van der Waals surface area contributed by atoms with Crippen LogP contribution in [-0.2, 0) is 11.2 Å². The number of carbonyl (C=O) groups is 1. The summed E-state index contributed by atoms with van der Waals surface area (Å²) in [6.07, 6.45) is 2.55. The molecule has 1 unspecified atom stereocenters. The predicted molar refractivity (Wildman–Crippen MR) is 71.6 cm³/mol. The lowest BCUT2D eigenvalue weighted by atomic mass is 10.1. The first kappa shape index (κ1) is 13.7. The molecule has 1 heterocycles. The topological polar surface area (TPSA) is 55.1 Å². The van der Waals surface area contributed by atoms with Crippen LogP contribution in [0.3, 0.4) is 0 Å². The quantitative estimate of drug-likeness (QED) is 0.847. The number of nitrogens with one attached hydrogen (secondary N) is 1. The first-order valence-electron chi connectivity index (χ1n) is 5.41. The fraction of sp³-hybridized carbons (Fsp3) is 0.545. The molecular formula is C11H17BrN2OS. The van der Waals surface area contributed by atoms with Crippen LogP contribution in [0.4, 0.5) is 0 Å². The van der Waals surface area contributed by atoms with Crippen molar-refractivity contribution in [3.8, 4) is 0 Å². The number of hydrogen-bond acceptors (Lipinski definition) is 3. The molecule has 3 N–H and O–H groups in total. The summed E-state index contributed by atoms with van der Waals surface area (Å²) in [5.74, 6) is -0.0440. The summed E-state index contributed by atoms with van der Waals surface area (Å²) < 4.78 is 1.12. The minimum Gasteiger partial charge on any atom is -0.354 e. The Morgan fingerprint density at radius 3 is 2.94 bits per heavy atom. The van der Waals surface area contributed by atoms with Crippen molar-refractivity contribution in [1.82, 2.24) is 5.32 Å². The van der Waals surface area contributed by atoms with Crippen LogP contribution >= 0.6 is 27.3 Å². The molecule has 0 aliphatic rings. The van der Waals surface area contributed by atoms with E-state index in [0.29, 0.717) is 6.54 Å². The van der Waals surface area contributed by atoms with Gasteiger partial charge < -0.3 is 11.1 Å². The average Bonchev–Trinajstić information content (AvgIpc) is 2.64. The third kappa shape index (κ3) is 4.63. The predicted octanol–water partition coefficient (Wildman–Crippen LogP) is 2.30. The van der Waals surface area contributed by atoms with Gasteiger partial charge >= 0.3 is 0 Å². The Balaban J connectivity index is 2.22. The molecule has 3 nitrogen and oxygen atoms in total. The van der Waals surface area contributed by atoms with Crippen molar-refractivity contribution in [3.63, 3.8) is 0 Å². The molecule has 1 amide bonds. The summed E-state index contributed by atoms with van der Waals surface area (Å²) in [7, 11) is 0. The van der Waals surface area contributed by atoms with Crippen LogP contribution in [0.15, 0.2) is 15.9 Å². The van der Waals surface area contributed by atoms with Crippen molar-refractivity contribution >= 4 is 33.2 Å². The van der Waals surface area contributed by atoms with E-state index < -0.39 is 0 Å². The van der Waals surface area contributed by atoms with E-state index in [0.717, 1.165) is 23.0 Å². The van der Waals surface area contributed by atoms with E-state index in [-0.39, 0.29) is 11.9 Å². The lowest BCUT2D eigenvalue weighted by Crippen LogP contribution is -2.41. The average molecular weight is 305 g/mol. The molecule has 0 aliphatic carbocycles. The van der Waals surface area contributed by atoms with Crippen molar-refractivity contribution in [2.75, 3.05) is 6.54 Å². The van der Waals surface area contributed by atoms with Gasteiger partial charge in [-0.05, 0) is 40.9 Å². The number of halogens is 1. The van der Waals surface area contributed by atoms with Gasteiger partial charge in [-0.2, -0.15) is 0 Å². The molecule has 0 spiro atoms. The standard InChI is InChI=1S/C11H17BrN2OS/c1-2-3-9(13)11(15)14-7-6-8-4-5-10(12)16-8/h4-5,9H,2-3,6-7,13H2,1H3,(H,14,15). The Hall–Kier alpha value is -0.390. The maximum absolute atomic E-state index is 11.5. The lowest BCUT2D eigenvalue weighted by Gasteiger charge is -2.10. The van der Waals surface area contributed by atoms with Crippen LogP contribution in [0.1, 0.15) is 24.6 Å². The highest BCUT2D eigenvalue weighted by atomic mass is 79.9. The molecule has 1 atom stereocenters. The minimum atomic E-state index is -0.361. The Kier molecular flexibility index (Phi) is 6.01. The third-order valence-corrected chi connectivity index (χ3v) is 3.92. The molecule has 90 valence electrons. The highest BCUT2D eigenvalue weighted by molar-refractivity contribution is 9.11. The number of amides is 1. The molecule has 0 fully saturated rings. The third-order valence-electron chi connectivity index (χ3n) is 2.24. The Morgan fingerprint density at radius 2 is 2.38 bits per heavy atom. The fourth-order valence-corrected chi connectivity index (χ4v) is 2.85. The van der Waals surface area contributed by atoms with Crippen molar-refractivity contribution in [3.05, 3.63) is 20.8 Å².